The Morgan fingerprint density at radius 3 is 2.39 bits per heavy atom. The minimum atomic E-state index is -0.426. The van der Waals surface area contributed by atoms with Crippen LogP contribution in [0.2, 0.25) is 0 Å². The van der Waals surface area contributed by atoms with E-state index < -0.39 is 6.10 Å². The number of rotatable bonds is 3. The van der Waals surface area contributed by atoms with E-state index in [2.05, 4.69) is 72.0 Å². The van der Waals surface area contributed by atoms with E-state index in [4.69, 9.17) is 0 Å². The fourth-order valence-corrected chi connectivity index (χ4v) is 2.43. The molecule has 2 aromatic carbocycles. The lowest BCUT2D eigenvalue weighted by Gasteiger charge is -2.14. The molecule has 2 rings (SSSR count). The monoisotopic (exact) mass is 352 g/mol. The molecule has 0 saturated carbocycles. The van der Waals surface area contributed by atoms with E-state index in [1.165, 1.54) is 14.7 Å². The summed E-state index contributed by atoms with van der Waals surface area (Å²) in [7, 11) is 0. The molecule has 18 heavy (non-hydrogen) atoms. The van der Waals surface area contributed by atoms with Crippen LogP contribution < -0.4 is 0 Å². The lowest BCUT2D eigenvalue weighted by Crippen LogP contribution is -2.04. The summed E-state index contributed by atoms with van der Waals surface area (Å²) in [6.07, 6.45) is 0.242. The molecule has 1 unspecified atom stereocenters. The standard InChI is InChI=1S/C16H17IO/c1-11-3-4-12(2)15(9-11)16(18)10-13-5-7-14(17)8-6-13/h3-9,16,18H,10H2,1-2H3. The van der Waals surface area contributed by atoms with Crippen molar-refractivity contribution < 1.29 is 5.11 Å². The highest BCUT2D eigenvalue weighted by Crippen LogP contribution is 2.23. The maximum absolute atomic E-state index is 10.3. The van der Waals surface area contributed by atoms with Gasteiger partial charge in [0.25, 0.3) is 0 Å². The Kier molecular flexibility index (Phi) is 4.40. The Bertz CT molecular complexity index is 531. The second-order valence-corrected chi connectivity index (χ2v) is 5.95. The van der Waals surface area contributed by atoms with Crippen LogP contribution in [0.15, 0.2) is 42.5 Å². The molecule has 2 aromatic rings. The Morgan fingerprint density at radius 1 is 1.06 bits per heavy atom. The number of halogens is 1. The van der Waals surface area contributed by atoms with Crippen LogP contribution in [-0.2, 0) is 6.42 Å². The molecule has 2 heteroatoms. The molecule has 0 bridgehead atoms. The first-order chi connectivity index (χ1) is 8.56. The maximum Gasteiger partial charge on any atom is 0.0833 e. The van der Waals surface area contributed by atoms with Crippen LogP contribution in [0.25, 0.3) is 0 Å². The summed E-state index contributed by atoms with van der Waals surface area (Å²) in [4.78, 5) is 0. The van der Waals surface area contributed by atoms with Crippen molar-refractivity contribution in [1.29, 1.82) is 0 Å². The first-order valence-electron chi connectivity index (χ1n) is 6.06. The highest BCUT2D eigenvalue weighted by atomic mass is 127. The van der Waals surface area contributed by atoms with E-state index in [1.54, 1.807) is 0 Å². The molecular formula is C16H17IO. The van der Waals surface area contributed by atoms with Crippen LogP contribution in [0.3, 0.4) is 0 Å². The summed E-state index contributed by atoms with van der Waals surface area (Å²) in [6.45, 7) is 4.10. The Morgan fingerprint density at radius 2 is 1.72 bits per heavy atom. The molecule has 0 radical (unpaired) electrons. The predicted molar refractivity (Wildman–Crippen MR) is 83.7 cm³/mol. The van der Waals surface area contributed by atoms with Gasteiger partial charge in [-0.1, -0.05) is 35.9 Å². The molecule has 1 N–H and O–H groups in total. The van der Waals surface area contributed by atoms with Crippen LogP contribution in [0.4, 0.5) is 0 Å². The lowest BCUT2D eigenvalue weighted by molar-refractivity contribution is 0.177. The SMILES string of the molecule is Cc1ccc(C)c(C(O)Cc2ccc(I)cc2)c1. The Balaban J connectivity index is 2.18. The van der Waals surface area contributed by atoms with Gasteiger partial charge in [0.2, 0.25) is 0 Å². The second kappa shape index (κ2) is 5.85. The zero-order valence-electron chi connectivity index (χ0n) is 10.7. The summed E-state index contributed by atoms with van der Waals surface area (Å²) in [5, 5.41) is 10.3. The molecule has 0 amide bonds. The topological polar surface area (TPSA) is 20.2 Å². The number of aryl methyl sites for hydroxylation is 2. The third-order valence-electron chi connectivity index (χ3n) is 3.14. The maximum atomic E-state index is 10.3. The molecule has 0 saturated heterocycles. The molecule has 0 aliphatic rings. The van der Waals surface area contributed by atoms with Crippen LogP contribution in [-0.4, -0.2) is 5.11 Å². The molecule has 0 heterocycles. The normalized spacial score (nSPS) is 12.4. The van der Waals surface area contributed by atoms with Crippen LogP contribution in [0.5, 0.6) is 0 Å². The molecule has 1 nitrogen and oxygen atoms in total. The molecule has 0 aliphatic carbocycles. The van der Waals surface area contributed by atoms with E-state index in [0.29, 0.717) is 6.42 Å². The number of aliphatic hydroxyl groups excluding tert-OH is 1. The molecule has 0 fully saturated rings. The number of hydrogen-bond acceptors (Lipinski definition) is 1. The fourth-order valence-electron chi connectivity index (χ4n) is 2.07. The quantitative estimate of drug-likeness (QED) is 0.822. The summed E-state index contributed by atoms with van der Waals surface area (Å²) in [6, 6.07) is 14.5. The number of aliphatic hydroxyl groups is 1. The highest BCUT2D eigenvalue weighted by Gasteiger charge is 2.11. The Hall–Kier alpha value is -0.870. The van der Waals surface area contributed by atoms with Gasteiger partial charge in [-0.2, -0.15) is 0 Å². The van der Waals surface area contributed by atoms with Crippen molar-refractivity contribution in [3.63, 3.8) is 0 Å². The molecular weight excluding hydrogens is 335 g/mol. The van der Waals surface area contributed by atoms with Gasteiger partial charge in [0, 0.05) is 9.99 Å². The molecule has 0 aromatic heterocycles. The van der Waals surface area contributed by atoms with E-state index in [0.717, 1.165) is 11.1 Å². The average molecular weight is 352 g/mol. The molecule has 0 spiro atoms. The van der Waals surface area contributed by atoms with E-state index in [-0.39, 0.29) is 0 Å². The number of hydrogen-bond donors (Lipinski definition) is 1. The zero-order valence-corrected chi connectivity index (χ0v) is 12.8. The first-order valence-corrected chi connectivity index (χ1v) is 7.14. The summed E-state index contributed by atoms with van der Waals surface area (Å²) in [5.74, 6) is 0. The third kappa shape index (κ3) is 3.33. The second-order valence-electron chi connectivity index (χ2n) is 4.71. The molecule has 1 atom stereocenters. The van der Waals surface area contributed by atoms with Gasteiger partial charge in [-0.25, -0.2) is 0 Å². The van der Waals surface area contributed by atoms with Gasteiger partial charge in [-0.05, 0) is 65.3 Å². The smallest absolute Gasteiger partial charge is 0.0833 e. The minimum absolute atomic E-state index is 0.426. The highest BCUT2D eigenvalue weighted by molar-refractivity contribution is 14.1. The van der Waals surface area contributed by atoms with E-state index in [9.17, 15) is 5.11 Å². The van der Waals surface area contributed by atoms with Crippen LogP contribution in [0.1, 0.15) is 28.4 Å². The van der Waals surface area contributed by atoms with Crippen LogP contribution >= 0.6 is 22.6 Å². The van der Waals surface area contributed by atoms with Crippen molar-refractivity contribution in [2.75, 3.05) is 0 Å². The van der Waals surface area contributed by atoms with Gasteiger partial charge in [0.05, 0.1) is 6.10 Å². The Labute approximate surface area is 122 Å². The van der Waals surface area contributed by atoms with Gasteiger partial charge in [-0.3, -0.25) is 0 Å². The predicted octanol–water partition coefficient (Wildman–Crippen LogP) is 4.18. The van der Waals surface area contributed by atoms with E-state index in [1.807, 2.05) is 6.92 Å². The van der Waals surface area contributed by atoms with Gasteiger partial charge in [0.15, 0.2) is 0 Å². The number of benzene rings is 2. The van der Waals surface area contributed by atoms with Gasteiger partial charge in [-0.15, -0.1) is 0 Å². The largest absolute Gasteiger partial charge is 0.388 e. The summed E-state index contributed by atoms with van der Waals surface area (Å²) in [5.41, 5.74) is 4.55. The van der Waals surface area contributed by atoms with Crippen molar-refractivity contribution in [3.8, 4) is 0 Å². The van der Waals surface area contributed by atoms with E-state index >= 15 is 0 Å². The third-order valence-corrected chi connectivity index (χ3v) is 3.86. The zero-order chi connectivity index (χ0) is 13.1. The van der Waals surface area contributed by atoms with Gasteiger partial charge in [0.1, 0.15) is 0 Å². The van der Waals surface area contributed by atoms with Crippen molar-refractivity contribution in [2.24, 2.45) is 0 Å². The molecule has 0 aliphatic heterocycles. The first kappa shape index (κ1) is 13.6. The minimum Gasteiger partial charge on any atom is -0.388 e. The summed E-state index contributed by atoms with van der Waals surface area (Å²) < 4.78 is 1.22. The average Bonchev–Trinajstić information content (AvgIpc) is 2.35. The van der Waals surface area contributed by atoms with Crippen molar-refractivity contribution in [2.45, 2.75) is 26.4 Å². The summed E-state index contributed by atoms with van der Waals surface area (Å²) >= 11 is 2.29. The van der Waals surface area contributed by atoms with Gasteiger partial charge >= 0.3 is 0 Å². The van der Waals surface area contributed by atoms with Crippen LogP contribution in [0, 0.1) is 17.4 Å². The lowest BCUT2D eigenvalue weighted by atomic mass is 9.96. The van der Waals surface area contributed by atoms with Gasteiger partial charge < -0.3 is 5.11 Å². The van der Waals surface area contributed by atoms with Crippen molar-refractivity contribution >= 4 is 22.6 Å². The molecule has 94 valence electrons. The van der Waals surface area contributed by atoms with Crippen molar-refractivity contribution in [3.05, 3.63) is 68.3 Å². The fraction of sp³-hybridized carbons (Fsp3) is 0.250. The van der Waals surface area contributed by atoms with Crippen molar-refractivity contribution in [1.82, 2.24) is 0 Å².